The van der Waals surface area contributed by atoms with E-state index in [0.29, 0.717) is 11.6 Å². The van der Waals surface area contributed by atoms with E-state index in [4.69, 9.17) is 33.0 Å². The number of carboxylic acid groups (broad SMARTS) is 1. The Hall–Kier alpha value is -2.78. The van der Waals surface area contributed by atoms with Crippen molar-refractivity contribution in [3.63, 3.8) is 0 Å². The Morgan fingerprint density at radius 1 is 1.18 bits per heavy atom. The van der Waals surface area contributed by atoms with Crippen molar-refractivity contribution in [2.24, 2.45) is 5.10 Å². The van der Waals surface area contributed by atoms with Gasteiger partial charge in [-0.05, 0) is 35.9 Å². The lowest BCUT2D eigenvalue weighted by Crippen LogP contribution is -2.18. The molecule has 0 atom stereocenters. The van der Waals surface area contributed by atoms with Crippen LogP contribution in [0, 0.1) is 0 Å². The van der Waals surface area contributed by atoms with E-state index in [9.17, 15) is 22.8 Å². The summed E-state index contributed by atoms with van der Waals surface area (Å²) in [7, 11) is 0. The first-order valence-electron chi connectivity index (χ1n) is 7.42. The zero-order chi connectivity index (χ0) is 20.9. The Morgan fingerprint density at radius 3 is 2.39 bits per heavy atom. The minimum Gasteiger partial charge on any atom is -0.479 e. The molecule has 0 bridgehead atoms. The number of benzene rings is 2. The van der Waals surface area contributed by atoms with Crippen LogP contribution in [0.15, 0.2) is 41.5 Å². The summed E-state index contributed by atoms with van der Waals surface area (Å²) in [6.07, 6.45) is -3.41. The molecular formula is C17H11Cl2F3N2O4. The van der Waals surface area contributed by atoms with E-state index in [1.54, 1.807) is 0 Å². The topological polar surface area (TPSA) is 88.0 Å². The smallest absolute Gasteiger partial charge is 0.416 e. The Bertz CT molecular complexity index is 910. The highest BCUT2D eigenvalue weighted by molar-refractivity contribution is 6.37. The molecule has 0 aliphatic heterocycles. The first-order valence-corrected chi connectivity index (χ1v) is 8.18. The predicted octanol–water partition coefficient (Wildman–Crippen LogP) is 4.24. The summed E-state index contributed by atoms with van der Waals surface area (Å²) in [6, 6.07) is 6.57. The molecule has 0 saturated carbocycles. The highest BCUT2D eigenvalue weighted by atomic mass is 35.5. The van der Waals surface area contributed by atoms with E-state index in [1.807, 2.05) is 0 Å². The maximum atomic E-state index is 12.7. The number of aliphatic carboxylic acids is 1. The average Bonchev–Trinajstić information content (AvgIpc) is 2.60. The van der Waals surface area contributed by atoms with Gasteiger partial charge in [-0.2, -0.15) is 18.3 Å². The van der Waals surface area contributed by atoms with Gasteiger partial charge in [0.15, 0.2) is 12.4 Å². The lowest BCUT2D eigenvalue weighted by molar-refractivity contribution is -0.139. The van der Waals surface area contributed by atoms with Crippen molar-refractivity contribution in [2.75, 3.05) is 6.61 Å². The van der Waals surface area contributed by atoms with Crippen molar-refractivity contribution < 1.29 is 32.6 Å². The van der Waals surface area contributed by atoms with Gasteiger partial charge in [0.1, 0.15) is 0 Å². The summed E-state index contributed by atoms with van der Waals surface area (Å²) in [5.41, 5.74) is 1.24. The van der Waals surface area contributed by atoms with Gasteiger partial charge < -0.3 is 9.84 Å². The van der Waals surface area contributed by atoms with Crippen molar-refractivity contribution in [3.05, 3.63) is 63.1 Å². The molecule has 0 aliphatic rings. The highest BCUT2D eigenvalue weighted by Crippen LogP contribution is 2.34. The molecular weight excluding hydrogens is 424 g/mol. The van der Waals surface area contributed by atoms with Gasteiger partial charge in [-0.15, -0.1) is 0 Å². The molecule has 0 spiro atoms. The average molecular weight is 435 g/mol. The quantitative estimate of drug-likeness (QED) is 0.525. The summed E-state index contributed by atoms with van der Waals surface area (Å²) in [5, 5.41) is 12.3. The van der Waals surface area contributed by atoms with Crippen molar-refractivity contribution in [1.29, 1.82) is 0 Å². The molecule has 0 unspecified atom stereocenters. The summed E-state index contributed by atoms with van der Waals surface area (Å²) in [4.78, 5) is 22.5. The second-order valence-electron chi connectivity index (χ2n) is 5.27. The van der Waals surface area contributed by atoms with Gasteiger partial charge in [0.05, 0.1) is 21.8 Å². The fourth-order valence-corrected chi connectivity index (χ4v) is 2.61. The number of nitrogens with zero attached hydrogens (tertiary/aromatic N) is 1. The third kappa shape index (κ3) is 5.86. The van der Waals surface area contributed by atoms with Gasteiger partial charge in [0, 0.05) is 5.56 Å². The minimum absolute atomic E-state index is 0.0133. The molecule has 0 saturated heterocycles. The zero-order valence-electron chi connectivity index (χ0n) is 13.8. The normalized spacial score (nSPS) is 11.5. The number of hydrazone groups is 1. The van der Waals surface area contributed by atoms with Gasteiger partial charge in [0.2, 0.25) is 0 Å². The third-order valence-electron chi connectivity index (χ3n) is 3.19. The van der Waals surface area contributed by atoms with Gasteiger partial charge in [-0.25, -0.2) is 10.2 Å². The molecule has 0 aromatic heterocycles. The number of rotatable bonds is 6. The van der Waals surface area contributed by atoms with Crippen LogP contribution in [0.5, 0.6) is 5.75 Å². The van der Waals surface area contributed by atoms with E-state index in [-0.39, 0.29) is 21.4 Å². The Balaban J connectivity index is 2.08. The largest absolute Gasteiger partial charge is 0.479 e. The molecule has 1 amide bonds. The number of ether oxygens (including phenoxy) is 1. The predicted molar refractivity (Wildman–Crippen MR) is 96.1 cm³/mol. The van der Waals surface area contributed by atoms with Crippen molar-refractivity contribution in [1.82, 2.24) is 5.43 Å². The first-order chi connectivity index (χ1) is 13.1. The molecule has 2 aromatic carbocycles. The Labute approximate surface area is 166 Å². The molecule has 11 heteroatoms. The van der Waals surface area contributed by atoms with Crippen LogP contribution in [0.2, 0.25) is 10.0 Å². The number of alkyl halides is 3. The molecule has 0 aliphatic carbocycles. The molecule has 0 heterocycles. The molecule has 2 N–H and O–H groups in total. The fourth-order valence-electron chi connectivity index (χ4n) is 1.99. The van der Waals surface area contributed by atoms with E-state index in [1.165, 1.54) is 18.2 Å². The van der Waals surface area contributed by atoms with Crippen LogP contribution in [0.25, 0.3) is 0 Å². The summed E-state index contributed by atoms with van der Waals surface area (Å²) < 4.78 is 43.0. The lowest BCUT2D eigenvalue weighted by Gasteiger charge is -2.09. The second-order valence-corrected chi connectivity index (χ2v) is 6.09. The molecule has 0 fully saturated rings. The van der Waals surface area contributed by atoms with Crippen LogP contribution < -0.4 is 10.2 Å². The van der Waals surface area contributed by atoms with Crippen molar-refractivity contribution in [3.8, 4) is 5.75 Å². The van der Waals surface area contributed by atoms with E-state index in [2.05, 4.69) is 10.5 Å². The minimum atomic E-state index is -4.57. The van der Waals surface area contributed by atoms with Gasteiger partial charge >= 0.3 is 12.1 Å². The number of nitrogens with one attached hydrogen (secondary N) is 1. The maximum absolute atomic E-state index is 12.7. The van der Waals surface area contributed by atoms with Crippen LogP contribution >= 0.6 is 23.2 Å². The Kier molecular flexibility index (Phi) is 6.87. The van der Waals surface area contributed by atoms with Crippen molar-refractivity contribution >= 4 is 41.3 Å². The summed E-state index contributed by atoms with van der Waals surface area (Å²) >= 11 is 11.9. The standard InChI is InChI=1S/C17H11Cl2F3N2O4/c18-12-4-9(5-13(19)15(12)28-8-14(25)26)7-23-24-16(27)10-2-1-3-11(6-10)17(20,21)22/h1-7H,8H2,(H,24,27)(H,25,26)/b23-7-. The first kappa shape index (κ1) is 21.5. The van der Waals surface area contributed by atoms with Crippen LogP contribution in [0.1, 0.15) is 21.5 Å². The number of carbonyl (C=O) groups is 2. The van der Waals surface area contributed by atoms with Crippen LogP contribution in [0.3, 0.4) is 0 Å². The summed E-state index contributed by atoms with van der Waals surface area (Å²) in [6.45, 7) is -0.639. The van der Waals surface area contributed by atoms with Crippen LogP contribution in [-0.2, 0) is 11.0 Å². The fraction of sp³-hybridized carbons (Fsp3) is 0.118. The van der Waals surface area contributed by atoms with Crippen LogP contribution in [0.4, 0.5) is 13.2 Å². The summed E-state index contributed by atoms with van der Waals surface area (Å²) in [5.74, 6) is -2.09. The molecule has 148 valence electrons. The van der Waals surface area contributed by atoms with Crippen molar-refractivity contribution in [2.45, 2.75) is 6.18 Å². The molecule has 28 heavy (non-hydrogen) atoms. The van der Waals surface area contributed by atoms with E-state index in [0.717, 1.165) is 18.3 Å². The molecule has 0 radical (unpaired) electrons. The number of hydrogen-bond donors (Lipinski definition) is 2. The number of amides is 1. The molecule has 2 aromatic rings. The lowest BCUT2D eigenvalue weighted by atomic mass is 10.1. The van der Waals surface area contributed by atoms with E-state index >= 15 is 0 Å². The number of carboxylic acids is 1. The van der Waals surface area contributed by atoms with Crippen LogP contribution in [-0.4, -0.2) is 29.8 Å². The zero-order valence-corrected chi connectivity index (χ0v) is 15.3. The maximum Gasteiger partial charge on any atom is 0.416 e. The van der Waals surface area contributed by atoms with Gasteiger partial charge in [0.25, 0.3) is 5.91 Å². The highest BCUT2D eigenvalue weighted by Gasteiger charge is 2.30. The van der Waals surface area contributed by atoms with Gasteiger partial charge in [-0.1, -0.05) is 29.3 Å². The number of carbonyl (C=O) groups excluding carboxylic acids is 1. The van der Waals surface area contributed by atoms with Gasteiger partial charge in [-0.3, -0.25) is 4.79 Å². The molecule has 6 nitrogen and oxygen atoms in total. The SMILES string of the molecule is O=C(O)COc1c(Cl)cc(/C=N\NC(=O)c2cccc(C(F)(F)F)c2)cc1Cl. The molecule has 2 rings (SSSR count). The van der Waals surface area contributed by atoms with E-state index < -0.39 is 30.2 Å². The Morgan fingerprint density at radius 2 is 1.82 bits per heavy atom. The monoisotopic (exact) mass is 434 g/mol. The second kappa shape index (κ2) is 8.94. The number of halogens is 5. The third-order valence-corrected chi connectivity index (χ3v) is 3.75. The number of hydrogen-bond acceptors (Lipinski definition) is 4.